The molecule has 3 aromatic heterocycles. The average molecular weight is 435 g/mol. The van der Waals surface area contributed by atoms with Crippen LogP contribution in [0.15, 0.2) is 53.3 Å². The number of furan rings is 1. The van der Waals surface area contributed by atoms with E-state index in [9.17, 15) is 0 Å². The molecular weight excluding hydrogens is 404 g/mol. The number of rotatable bonds is 5. The zero-order valence-corrected chi connectivity index (χ0v) is 19.1. The van der Waals surface area contributed by atoms with E-state index in [-0.39, 0.29) is 12.1 Å². The van der Waals surface area contributed by atoms with Gasteiger partial charge in [-0.2, -0.15) is 0 Å². The van der Waals surface area contributed by atoms with E-state index in [4.69, 9.17) is 16.6 Å². The smallest absolute Gasteiger partial charge is 0.170 e. The number of nitrogens with one attached hydrogen (secondary N) is 1. The fourth-order valence-electron chi connectivity index (χ4n) is 5.49. The van der Waals surface area contributed by atoms with Gasteiger partial charge in [0.1, 0.15) is 5.76 Å². The molecule has 0 aromatic carbocycles. The number of thiocarbonyl (C=S) groups is 1. The molecular formula is C25H30N4OS. The highest BCUT2D eigenvalue weighted by molar-refractivity contribution is 7.80. The summed E-state index contributed by atoms with van der Waals surface area (Å²) in [6, 6.07) is 13.1. The first-order valence-corrected chi connectivity index (χ1v) is 11.7. The van der Waals surface area contributed by atoms with Gasteiger partial charge in [0, 0.05) is 23.6 Å². The third-order valence-corrected chi connectivity index (χ3v) is 7.24. The maximum absolute atomic E-state index is 5.81. The van der Waals surface area contributed by atoms with E-state index < -0.39 is 0 Å². The van der Waals surface area contributed by atoms with Crippen molar-refractivity contribution in [3.8, 4) is 0 Å². The van der Waals surface area contributed by atoms with E-state index in [1.807, 2.05) is 30.5 Å². The van der Waals surface area contributed by atoms with Crippen molar-refractivity contribution >= 4 is 17.3 Å². The van der Waals surface area contributed by atoms with Crippen molar-refractivity contribution in [2.75, 3.05) is 0 Å². The standard InChI is InChI=1S/C25H30N4OS/c1-17-15-21(18(2)29(17)19-9-4-3-5-10-19)24-23(22-12-6-7-13-26-22)27-25(31)28(24)16-20-11-8-14-30-20/h6-8,11-15,19,23-24H,3-5,9-10,16H2,1-2H3,(H,27,31)/t23-,24+/m0/s1. The second-order valence-electron chi connectivity index (χ2n) is 8.82. The van der Waals surface area contributed by atoms with Crippen LogP contribution in [-0.4, -0.2) is 19.6 Å². The molecule has 0 unspecified atom stereocenters. The van der Waals surface area contributed by atoms with Crippen LogP contribution in [0.1, 0.15) is 78.6 Å². The third-order valence-electron chi connectivity index (χ3n) is 6.89. The number of nitrogens with zero attached hydrogens (tertiary/aromatic N) is 3. The number of hydrogen-bond acceptors (Lipinski definition) is 3. The van der Waals surface area contributed by atoms with Gasteiger partial charge in [0.15, 0.2) is 5.11 Å². The van der Waals surface area contributed by atoms with Crippen LogP contribution < -0.4 is 5.32 Å². The monoisotopic (exact) mass is 434 g/mol. The molecule has 31 heavy (non-hydrogen) atoms. The summed E-state index contributed by atoms with van der Waals surface area (Å²) in [6.07, 6.45) is 10.1. The van der Waals surface area contributed by atoms with Gasteiger partial charge >= 0.3 is 0 Å². The lowest BCUT2D eigenvalue weighted by Gasteiger charge is -2.29. The second kappa shape index (κ2) is 8.50. The quantitative estimate of drug-likeness (QED) is 0.517. The van der Waals surface area contributed by atoms with Gasteiger partial charge < -0.3 is 19.2 Å². The average Bonchev–Trinajstić information content (AvgIpc) is 3.49. The number of pyridine rings is 1. The second-order valence-corrected chi connectivity index (χ2v) is 9.21. The van der Waals surface area contributed by atoms with Gasteiger partial charge in [-0.1, -0.05) is 25.3 Å². The van der Waals surface area contributed by atoms with Crippen molar-refractivity contribution in [2.24, 2.45) is 0 Å². The summed E-state index contributed by atoms with van der Waals surface area (Å²) in [6.45, 7) is 5.16. The Balaban J connectivity index is 1.57. The highest BCUT2D eigenvalue weighted by atomic mass is 32.1. The zero-order valence-electron chi connectivity index (χ0n) is 18.3. The molecule has 2 aliphatic rings. The van der Waals surface area contributed by atoms with Crippen LogP contribution in [0.5, 0.6) is 0 Å². The topological polar surface area (TPSA) is 46.2 Å². The predicted octanol–water partition coefficient (Wildman–Crippen LogP) is 5.77. The Morgan fingerprint density at radius 1 is 1.13 bits per heavy atom. The van der Waals surface area contributed by atoms with Crippen molar-refractivity contribution in [2.45, 2.75) is 70.6 Å². The lowest BCUT2D eigenvalue weighted by Crippen LogP contribution is -2.29. The molecule has 0 spiro atoms. The molecule has 3 aromatic rings. The molecule has 1 saturated carbocycles. The summed E-state index contributed by atoms with van der Waals surface area (Å²) in [5, 5.41) is 4.31. The van der Waals surface area contributed by atoms with Crippen molar-refractivity contribution in [3.05, 3.63) is 77.3 Å². The molecule has 162 valence electrons. The Labute approximate surface area is 189 Å². The normalized spacial score (nSPS) is 22.1. The van der Waals surface area contributed by atoms with Crippen molar-refractivity contribution < 1.29 is 4.42 Å². The van der Waals surface area contributed by atoms with Gasteiger partial charge in [0.25, 0.3) is 0 Å². The van der Waals surface area contributed by atoms with Crippen LogP contribution in [0.25, 0.3) is 0 Å². The van der Waals surface area contributed by atoms with Crippen LogP contribution in [0.4, 0.5) is 0 Å². The van der Waals surface area contributed by atoms with Crippen LogP contribution in [-0.2, 0) is 6.54 Å². The van der Waals surface area contributed by atoms with Crippen LogP contribution in [0.3, 0.4) is 0 Å². The summed E-state index contributed by atoms with van der Waals surface area (Å²) < 4.78 is 8.25. The molecule has 1 saturated heterocycles. The number of aromatic nitrogens is 2. The molecule has 0 amide bonds. The van der Waals surface area contributed by atoms with Gasteiger partial charge in [-0.05, 0) is 74.8 Å². The molecule has 5 rings (SSSR count). The van der Waals surface area contributed by atoms with E-state index in [0.717, 1.165) is 16.6 Å². The van der Waals surface area contributed by atoms with Gasteiger partial charge in [0.2, 0.25) is 0 Å². The summed E-state index contributed by atoms with van der Waals surface area (Å²) in [7, 11) is 0. The minimum Gasteiger partial charge on any atom is -0.467 e. The molecule has 1 N–H and O–H groups in total. The van der Waals surface area contributed by atoms with Crippen LogP contribution >= 0.6 is 12.2 Å². The number of aryl methyl sites for hydroxylation is 1. The first-order chi connectivity index (χ1) is 15.1. The molecule has 2 atom stereocenters. The molecule has 5 nitrogen and oxygen atoms in total. The lowest BCUT2D eigenvalue weighted by atomic mass is 9.94. The van der Waals surface area contributed by atoms with Crippen LogP contribution in [0, 0.1) is 13.8 Å². The Bertz CT molecular complexity index is 1040. The molecule has 6 heteroatoms. The summed E-state index contributed by atoms with van der Waals surface area (Å²) in [4.78, 5) is 6.94. The SMILES string of the molecule is Cc1cc([C@@H]2[C@H](c3ccccn3)NC(=S)N2Cc2ccco2)c(C)n1C1CCCCC1. The molecule has 1 aliphatic heterocycles. The van der Waals surface area contributed by atoms with Crippen molar-refractivity contribution in [1.82, 2.24) is 19.8 Å². The minimum atomic E-state index is 0.00367. The van der Waals surface area contributed by atoms with Crippen LogP contribution in [0.2, 0.25) is 0 Å². The summed E-state index contributed by atoms with van der Waals surface area (Å²) >= 11 is 5.81. The Hall–Kier alpha value is -2.60. The lowest BCUT2D eigenvalue weighted by molar-refractivity contribution is 0.284. The van der Waals surface area contributed by atoms with E-state index in [1.165, 1.54) is 49.1 Å². The van der Waals surface area contributed by atoms with Gasteiger partial charge in [-0.3, -0.25) is 4.98 Å². The molecule has 2 fully saturated rings. The van der Waals surface area contributed by atoms with Gasteiger partial charge in [0.05, 0.1) is 30.6 Å². The number of hydrogen-bond donors (Lipinski definition) is 1. The van der Waals surface area contributed by atoms with Crippen molar-refractivity contribution in [3.63, 3.8) is 0 Å². The summed E-state index contributed by atoms with van der Waals surface area (Å²) in [5.41, 5.74) is 5.04. The fourth-order valence-corrected chi connectivity index (χ4v) is 5.79. The maximum Gasteiger partial charge on any atom is 0.170 e. The Morgan fingerprint density at radius 2 is 1.97 bits per heavy atom. The molecule has 1 aliphatic carbocycles. The van der Waals surface area contributed by atoms with E-state index in [0.29, 0.717) is 12.6 Å². The van der Waals surface area contributed by atoms with Gasteiger partial charge in [-0.15, -0.1) is 0 Å². The maximum atomic E-state index is 5.81. The first kappa shape index (κ1) is 20.3. The fraction of sp³-hybridized carbons (Fsp3) is 0.440. The molecule has 0 radical (unpaired) electrons. The molecule has 4 heterocycles. The van der Waals surface area contributed by atoms with E-state index in [2.05, 4.69) is 45.7 Å². The summed E-state index contributed by atoms with van der Waals surface area (Å²) in [5.74, 6) is 0.914. The highest BCUT2D eigenvalue weighted by Gasteiger charge is 2.42. The Kier molecular flexibility index (Phi) is 5.57. The minimum absolute atomic E-state index is 0.00367. The first-order valence-electron chi connectivity index (χ1n) is 11.3. The third kappa shape index (κ3) is 3.78. The van der Waals surface area contributed by atoms with Gasteiger partial charge in [-0.25, -0.2) is 0 Å². The zero-order chi connectivity index (χ0) is 21.4. The highest BCUT2D eigenvalue weighted by Crippen LogP contribution is 2.43. The predicted molar refractivity (Wildman–Crippen MR) is 126 cm³/mol. The largest absolute Gasteiger partial charge is 0.467 e. The Morgan fingerprint density at radius 3 is 2.68 bits per heavy atom. The van der Waals surface area contributed by atoms with E-state index >= 15 is 0 Å². The van der Waals surface area contributed by atoms with Crippen molar-refractivity contribution in [1.29, 1.82) is 0 Å². The molecule has 0 bridgehead atoms. The van der Waals surface area contributed by atoms with E-state index in [1.54, 1.807) is 6.26 Å².